The molecular weight excluding hydrogens is 354 g/mol. The highest BCUT2D eigenvalue weighted by Crippen LogP contribution is 2.13. The fourth-order valence-corrected chi connectivity index (χ4v) is 2.89. The minimum Gasteiger partial charge on any atom is -0.494 e. The van der Waals surface area contributed by atoms with Gasteiger partial charge in [0.15, 0.2) is 0 Å². The lowest BCUT2D eigenvalue weighted by Crippen LogP contribution is -2.54. The molecule has 2 atom stereocenters. The summed E-state index contributed by atoms with van der Waals surface area (Å²) in [5.41, 5.74) is 0.515. The molecule has 0 saturated carbocycles. The lowest BCUT2D eigenvalue weighted by molar-refractivity contribution is -0.124. The molecule has 2 amide bonds. The summed E-state index contributed by atoms with van der Waals surface area (Å²) in [5.74, 6) is 0.354. The van der Waals surface area contributed by atoms with E-state index in [0.29, 0.717) is 12.2 Å². The van der Waals surface area contributed by atoms with Crippen molar-refractivity contribution in [2.75, 3.05) is 19.7 Å². The van der Waals surface area contributed by atoms with E-state index in [1.54, 1.807) is 24.3 Å². The van der Waals surface area contributed by atoms with Crippen LogP contribution in [0.25, 0.3) is 0 Å². The maximum Gasteiger partial charge on any atom is 0.251 e. The van der Waals surface area contributed by atoms with Crippen LogP contribution in [0.4, 0.5) is 0 Å². The molecule has 1 saturated heterocycles. The van der Waals surface area contributed by atoms with Gasteiger partial charge in [-0.1, -0.05) is 13.8 Å². The summed E-state index contributed by atoms with van der Waals surface area (Å²) in [7, 11) is 0. The number of hydrogen-bond acceptors (Lipinski definition) is 4. The summed E-state index contributed by atoms with van der Waals surface area (Å²) >= 11 is 0. The maximum atomic E-state index is 12.6. The first-order valence-corrected chi connectivity index (χ1v) is 9.06. The minimum absolute atomic E-state index is 0. The molecule has 1 aromatic carbocycles. The van der Waals surface area contributed by atoms with Crippen LogP contribution >= 0.6 is 12.4 Å². The van der Waals surface area contributed by atoms with E-state index in [9.17, 15) is 9.59 Å². The molecule has 1 aromatic rings. The van der Waals surface area contributed by atoms with Crippen molar-refractivity contribution in [3.8, 4) is 5.75 Å². The van der Waals surface area contributed by atoms with Crippen LogP contribution in [0.3, 0.4) is 0 Å². The molecular formula is C19H30ClN3O3. The molecule has 1 unspecified atom stereocenters. The Labute approximate surface area is 161 Å². The first-order valence-electron chi connectivity index (χ1n) is 9.06. The third-order valence-corrected chi connectivity index (χ3v) is 4.31. The van der Waals surface area contributed by atoms with Gasteiger partial charge in [0.05, 0.1) is 6.61 Å². The smallest absolute Gasteiger partial charge is 0.251 e. The van der Waals surface area contributed by atoms with Gasteiger partial charge in [-0.3, -0.25) is 9.59 Å². The van der Waals surface area contributed by atoms with Crippen molar-refractivity contribution < 1.29 is 14.3 Å². The van der Waals surface area contributed by atoms with E-state index >= 15 is 0 Å². The van der Waals surface area contributed by atoms with Gasteiger partial charge < -0.3 is 20.7 Å². The molecule has 146 valence electrons. The third kappa shape index (κ3) is 6.50. The molecule has 1 aliphatic rings. The van der Waals surface area contributed by atoms with Gasteiger partial charge in [0, 0.05) is 18.2 Å². The van der Waals surface area contributed by atoms with Crippen molar-refractivity contribution in [2.45, 2.75) is 45.7 Å². The Bertz CT molecular complexity index is 572. The standard InChI is InChI=1S/C19H29N3O3.ClH/c1-4-25-16-9-7-14(8-10-16)18(23)22-17(13(2)3)19(24)21-15-6-5-11-20-12-15;/h7-10,13,15,17,20H,4-6,11-12H2,1-3H3,(H,21,24)(H,22,23);1H/t15-,17?;/m0./s1. The SMILES string of the molecule is CCOc1ccc(C(=O)NC(C(=O)N[C@H]2CCCNC2)C(C)C)cc1.Cl. The van der Waals surface area contributed by atoms with E-state index in [2.05, 4.69) is 16.0 Å². The summed E-state index contributed by atoms with van der Waals surface area (Å²) in [6.45, 7) is 8.13. The van der Waals surface area contributed by atoms with Crippen LogP contribution in [0.1, 0.15) is 44.0 Å². The number of hydrogen-bond donors (Lipinski definition) is 3. The molecule has 26 heavy (non-hydrogen) atoms. The maximum absolute atomic E-state index is 12.6. The van der Waals surface area contributed by atoms with Crippen LogP contribution in [0.5, 0.6) is 5.75 Å². The zero-order valence-electron chi connectivity index (χ0n) is 15.7. The second-order valence-electron chi connectivity index (χ2n) is 6.70. The van der Waals surface area contributed by atoms with Gasteiger partial charge in [0.25, 0.3) is 5.91 Å². The summed E-state index contributed by atoms with van der Waals surface area (Å²) in [6, 6.07) is 6.51. The van der Waals surface area contributed by atoms with Crippen LogP contribution in [0.15, 0.2) is 24.3 Å². The Kier molecular flexibility index (Phi) is 9.44. The minimum atomic E-state index is -0.555. The molecule has 3 N–H and O–H groups in total. The molecule has 0 aromatic heterocycles. The molecule has 0 spiro atoms. The summed E-state index contributed by atoms with van der Waals surface area (Å²) in [5, 5.41) is 9.18. The molecule has 0 radical (unpaired) electrons. The summed E-state index contributed by atoms with van der Waals surface area (Å²) in [6.07, 6.45) is 2.02. The zero-order chi connectivity index (χ0) is 18.2. The highest BCUT2D eigenvalue weighted by Gasteiger charge is 2.27. The van der Waals surface area contributed by atoms with Crippen molar-refractivity contribution in [1.29, 1.82) is 0 Å². The number of nitrogens with one attached hydrogen (secondary N) is 3. The molecule has 1 aliphatic heterocycles. The van der Waals surface area contributed by atoms with Crippen molar-refractivity contribution in [2.24, 2.45) is 5.92 Å². The quantitative estimate of drug-likeness (QED) is 0.674. The van der Waals surface area contributed by atoms with Crippen LogP contribution in [0.2, 0.25) is 0 Å². The van der Waals surface area contributed by atoms with Gasteiger partial charge in [0.2, 0.25) is 5.91 Å². The number of amides is 2. The van der Waals surface area contributed by atoms with Crippen LogP contribution in [-0.4, -0.2) is 43.6 Å². The van der Waals surface area contributed by atoms with E-state index in [0.717, 1.165) is 31.7 Å². The molecule has 2 rings (SSSR count). The number of carbonyl (C=O) groups is 2. The predicted octanol–water partition coefficient (Wildman–Crippen LogP) is 2.13. The Morgan fingerprint density at radius 2 is 1.96 bits per heavy atom. The second kappa shape index (κ2) is 11.0. The molecule has 7 heteroatoms. The highest BCUT2D eigenvalue weighted by atomic mass is 35.5. The first kappa shape index (κ1) is 22.3. The average molecular weight is 384 g/mol. The second-order valence-corrected chi connectivity index (χ2v) is 6.70. The molecule has 1 heterocycles. The Morgan fingerprint density at radius 1 is 1.27 bits per heavy atom. The number of benzene rings is 1. The van der Waals surface area contributed by atoms with Gasteiger partial charge in [-0.15, -0.1) is 12.4 Å². The van der Waals surface area contributed by atoms with E-state index < -0.39 is 6.04 Å². The number of carbonyl (C=O) groups excluding carboxylic acids is 2. The van der Waals surface area contributed by atoms with Gasteiger partial charge in [-0.05, 0) is 56.5 Å². The molecule has 0 aliphatic carbocycles. The topological polar surface area (TPSA) is 79.5 Å². The van der Waals surface area contributed by atoms with Crippen LogP contribution in [-0.2, 0) is 4.79 Å². The fourth-order valence-electron chi connectivity index (χ4n) is 2.89. The Morgan fingerprint density at radius 3 is 2.50 bits per heavy atom. The zero-order valence-corrected chi connectivity index (χ0v) is 16.5. The number of rotatable bonds is 7. The van der Waals surface area contributed by atoms with E-state index in [-0.39, 0.29) is 36.2 Å². The van der Waals surface area contributed by atoms with Crippen LogP contribution < -0.4 is 20.7 Å². The summed E-state index contributed by atoms with van der Waals surface area (Å²) < 4.78 is 5.38. The van der Waals surface area contributed by atoms with Gasteiger partial charge >= 0.3 is 0 Å². The third-order valence-electron chi connectivity index (χ3n) is 4.31. The largest absolute Gasteiger partial charge is 0.494 e. The fraction of sp³-hybridized carbons (Fsp3) is 0.579. The lowest BCUT2D eigenvalue weighted by Gasteiger charge is -2.28. The molecule has 0 bridgehead atoms. The van der Waals surface area contributed by atoms with Crippen molar-refractivity contribution in [3.63, 3.8) is 0 Å². The highest BCUT2D eigenvalue weighted by molar-refractivity contribution is 5.97. The number of piperidine rings is 1. The van der Waals surface area contributed by atoms with E-state index in [1.165, 1.54) is 0 Å². The lowest BCUT2D eigenvalue weighted by atomic mass is 10.0. The monoisotopic (exact) mass is 383 g/mol. The van der Waals surface area contributed by atoms with Gasteiger partial charge in [-0.2, -0.15) is 0 Å². The van der Waals surface area contributed by atoms with Gasteiger partial charge in [-0.25, -0.2) is 0 Å². The predicted molar refractivity (Wildman–Crippen MR) is 105 cm³/mol. The number of ether oxygens (including phenoxy) is 1. The molecule has 6 nitrogen and oxygen atoms in total. The van der Waals surface area contributed by atoms with Crippen LogP contribution in [0, 0.1) is 5.92 Å². The molecule has 1 fully saturated rings. The number of halogens is 1. The average Bonchev–Trinajstić information content (AvgIpc) is 2.61. The Hall–Kier alpha value is -1.79. The first-order chi connectivity index (χ1) is 12.0. The normalized spacial score (nSPS) is 17.8. The van der Waals surface area contributed by atoms with Crippen molar-refractivity contribution in [3.05, 3.63) is 29.8 Å². The van der Waals surface area contributed by atoms with Crippen molar-refractivity contribution >= 4 is 24.2 Å². The summed E-state index contributed by atoms with van der Waals surface area (Å²) in [4.78, 5) is 25.1. The van der Waals surface area contributed by atoms with Gasteiger partial charge in [0.1, 0.15) is 11.8 Å². The van der Waals surface area contributed by atoms with E-state index in [4.69, 9.17) is 4.74 Å². The van der Waals surface area contributed by atoms with E-state index in [1.807, 2.05) is 20.8 Å². The van der Waals surface area contributed by atoms with Crippen molar-refractivity contribution in [1.82, 2.24) is 16.0 Å². The Balaban J connectivity index is 0.00000338.